The maximum atomic E-state index is 11.8. The zero-order valence-electron chi connectivity index (χ0n) is 13.4. The molecule has 0 saturated heterocycles. The average Bonchev–Trinajstić information content (AvgIpc) is 3.06. The maximum Gasteiger partial charge on any atom is 0.257 e. The zero-order valence-corrected chi connectivity index (χ0v) is 14.2. The van der Waals surface area contributed by atoms with Crippen LogP contribution in [0.4, 0.5) is 0 Å². The summed E-state index contributed by atoms with van der Waals surface area (Å²) in [5, 5.41) is 2.85. The van der Waals surface area contributed by atoms with E-state index in [2.05, 4.69) is 36.5 Å². The molecule has 1 aliphatic heterocycles. The van der Waals surface area contributed by atoms with Crippen LogP contribution in [-0.4, -0.2) is 31.6 Å². The van der Waals surface area contributed by atoms with E-state index in [0.717, 1.165) is 5.75 Å². The topological polar surface area (TPSA) is 56.8 Å². The largest absolute Gasteiger partial charge is 0.484 e. The molecule has 1 heterocycles. The van der Waals surface area contributed by atoms with E-state index in [-0.39, 0.29) is 19.3 Å². The minimum Gasteiger partial charge on any atom is -0.484 e. The fourth-order valence-corrected chi connectivity index (χ4v) is 2.93. The Bertz CT molecular complexity index is 703. The highest BCUT2D eigenvalue weighted by molar-refractivity contribution is 7.99. The summed E-state index contributed by atoms with van der Waals surface area (Å²) < 4.78 is 16.0. The summed E-state index contributed by atoms with van der Waals surface area (Å²) in [6, 6.07) is 13.6. The van der Waals surface area contributed by atoms with Crippen molar-refractivity contribution >= 4 is 17.7 Å². The van der Waals surface area contributed by atoms with Crippen LogP contribution in [-0.2, 0) is 4.79 Å². The average molecular weight is 345 g/mol. The Balaban J connectivity index is 1.34. The van der Waals surface area contributed by atoms with E-state index in [9.17, 15) is 4.79 Å². The molecule has 1 aliphatic rings. The molecule has 0 aromatic heterocycles. The zero-order chi connectivity index (χ0) is 16.8. The molecule has 6 heteroatoms. The third kappa shape index (κ3) is 4.58. The standard InChI is InChI=1S/C18H19NO4S/c1-13-2-5-15(6-3-13)24-9-8-19-18(20)11-21-14-4-7-16-17(10-14)23-12-22-16/h2-7,10H,8-9,11-12H2,1H3,(H,19,20). The highest BCUT2D eigenvalue weighted by Crippen LogP contribution is 2.34. The molecule has 0 fully saturated rings. The van der Waals surface area contributed by atoms with Crippen molar-refractivity contribution in [1.82, 2.24) is 5.32 Å². The van der Waals surface area contributed by atoms with Gasteiger partial charge in [-0.15, -0.1) is 11.8 Å². The number of aryl methyl sites for hydroxylation is 1. The molecule has 2 aromatic carbocycles. The van der Waals surface area contributed by atoms with Gasteiger partial charge in [0.15, 0.2) is 18.1 Å². The highest BCUT2D eigenvalue weighted by atomic mass is 32.2. The number of thioether (sulfide) groups is 1. The molecule has 0 unspecified atom stereocenters. The molecule has 0 atom stereocenters. The van der Waals surface area contributed by atoms with Crippen molar-refractivity contribution in [2.75, 3.05) is 25.7 Å². The number of rotatable bonds is 7. The lowest BCUT2D eigenvalue weighted by Gasteiger charge is -2.08. The van der Waals surface area contributed by atoms with Crippen LogP contribution in [0.3, 0.4) is 0 Å². The highest BCUT2D eigenvalue weighted by Gasteiger charge is 2.14. The lowest BCUT2D eigenvalue weighted by atomic mass is 10.2. The summed E-state index contributed by atoms with van der Waals surface area (Å²) >= 11 is 1.71. The van der Waals surface area contributed by atoms with Crippen molar-refractivity contribution in [2.24, 2.45) is 0 Å². The summed E-state index contributed by atoms with van der Waals surface area (Å²) in [5.41, 5.74) is 1.24. The normalized spacial score (nSPS) is 12.0. The predicted molar refractivity (Wildman–Crippen MR) is 93.0 cm³/mol. The Labute approximate surface area is 145 Å². The fraction of sp³-hybridized carbons (Fsp3) is 0.278. The second kappa shape index (κ2) is 7.97. The Morgan fingerprint density at radius 3 is 2.79 bits per heavy atom. The molecule has 0 bridgehead atoms. The third-order valence-electron chi connectivity index (χ3n) is 3.43. The monoisotopic (exact) mass is 345 g/mol. The smallest absolute Gasteiger partial charge is 0.257 e. The number of carbonyl (C=O) groups is 1. The molecule has 0 radical (unpaired) electrons. The lowest BCUT2D eigenvalue weighted by molar-refractivity contribution is -0.122. The van der Waals surface area contributed by atoms with Crippen molar-refractivity contribution in [3.05, 3.63) is 48.0 Å². The Morgan fingerprint density at radius 1 is 1.17 bits per heavy atom. The summed E-state index contributed by atoms with van der Waals surface area (Å²) in [5.74, 6) is 2.60. The van der Waals surface area contributed by atoms with Crippen LogP contribution in [0, 0.1) is 6.92 Å². The molecule has 24 heavy (non-hydrogen) atoms. The van der Waals surface area contributed by atoms with Gasteiger partial charge >= 0.3 is 0 Å². The number of benzene rings is 2. The summed E-state index contributed by atoms with van der Waals surface area (Å²) in [6.45, 7) is 2.86. The van der Waals surface area contributed by atoms with E-state index in [1.54, 1.807) is 30.0 Å². The van der Waals surface area contributed by atoms with Crippen LogP contribution >= 0.6 is 11.8 Å². The fourth-order valence-electron chi connectivity index (χ4n) is 2.16. The molecular weight excluding hydrogens is 326 g/mol. The number of ether oxygens (including phenoxy) is 3. The van der Waals surface area contributed by atoms with Crippen molar-refractivity contribution in [3.63, 3.8) is 0 Å². The van der Waals surface area contributed by atoms with Gasteiger partial charge in [-0.05, 0) is 31.2 Å². The van der Waals surface area contributed by atoms with Gasteiger partial charge in [0, 0.05) is 23.3 Å². The molecule has 2 aromatic rings. The molecule has 0 spiro atoms. The van der Waals surface area contributed by atoms with Gasteiger partial charge in [0.2, 0.25) is 6.79 Å². The van der Waals surface area contributed by atoms with Crippen LogP contribution in [0.2, 0.25) is 0 Å². The van der Waals surface area contributed by atoms with Gasteiger partial charge in [0.1, 0.15) is 5.75 Å². The van der Waals surface area contributed by atoms with E-state index in [0.29, 0.717) is 23.8 Å². The predicted octanol–water partition coefficient (Wildman–Crippen LogP) is 3.01. The van der Waals surface area contributed by atoms with Crippen LogP contribution in [0.25, 0.3) is 0 Å². The first kappa shape index (κ1) is 16.5. The maximum absolute atomic E-state index is 11.8. The second-order valence-electron chi connectivity index (χ2n) is 5.32. The minimum atomic E-state index is -0.142. The van der Waals surface area contributed by atoms with Crippen molar-refractivity contribution in [3.8, 4) is 17.2 Å². The quantitative estimate of drug-likeness (QED) is 0.617. The molecule has 5 nitrogen and oxygen atoms in total. The molecule has 126 valence electrons. The van der Waals surface area contributed by atoms with E-state index < -0.39 is 0 Å². The number of carbonyl (C=O) groups excluding carboxylic acids is 1. The Hall–Kier alpha value is -2.34. The number of hydrogen-bond donors (Lipinski definition) is 1. The van der Waals surface area contributed by atoms with Crippen LogP contribution in [0.15, 0.2) is 47.4 Å². The number of fused-ring (bicyclic) bond motifs is 1. The van der Waals surface area contributed by atoms with Gasteiger partial charge in [-0.2, -0.15) is 0 Å². The van der Waals surface area contributed by atoms with Gasteiger partial charge in [-0.3, -0.25) is 4.79 Å². The number of hydrogen-bond acceptors (Lipinski definition) is 5. The minimum absolute atomic E-state index is 0.0190. The second-order valence-corrected chi connectivity index (χ2v) is 6.48. The van der Waals surface area contributed by atoms with Crippen molar-refractivity contribution < 1.29 is 19.0 Å². The SMILES string of the molecule is Cc1ccc(SCCNC(=O)COc2ccc3c(c2)OCO3)cc1. The first-order valence-electron chi connectivity index (χ1n) is 7.69. The van der Waals surface area contributed by atoms with Gasteiger partial charge in [0.25, 0.3) is 5.91 Å². The molecular formula is C18H19NO4S. The van der Waals surface area contributed by atoms with E-state index in [4.69, 9.17) is 14.2 Å². The van der Waals surface area contributed by atoms with Gasteiger partial charge < -0.3 is 19.5 Å². The van der Waals surface area contributed by atoms with Crippen molar-refractivity contribution in [1.29, 1.82) is 0 Å². The number of amides is 1. The van der Waals surface area contributed by atoms with E-state index in [1.165, 1.54) is 10.5 Å². The lowest BCUT2D eigenvalue weighted by Crippen LogP contribution is -2.30. The third-order valence-corrected chi connectivity index (χ3v) is 4.44. The van der Waals surface area contributed by atoms with Gasteiger partial charge in [-0.25, -0.2) is 0 Å². The van der Waals surface area contributed by atoms with Crippen LogP contribution < -0.4 is 19.5 Å². The number of nitrogens with one attached hydrogen (secondary N) is 1. The Kier molecular flexibility index (Phi) is 5.48. The van der Waals surface area contributed by atoms with Gasteiger partial charge in [0.05, 0.1) is 0 Å². The van der Waals surface area contributed by atoms with Crippen molar-refractivity contribution in [2.45, 2.75) is 11.8 Å². The Morgan fingerprint density at radius 2 is 1.96 bits per heavy atom. The summed E-state index contributed by atoms with van der Waals surface area (Å²) in [7, 11) is 0. The summed E-state index contributed by atoms with van der Waals surface area (Å²) in [6.07, 6.45) is 0. The molecule has 1 N–H and O–H groups in total. The molecule has 3 rings (SSSR count). The summed E-state index contributed by atoms with van der Waals surface area (Å²) in [4.78, 5) is 13.0. The van der Waals surface area contributed by atoms with Crippen LogP contribution in [0.1, 0.15) is 5.56 Å². The molecule has 1 amide bonds. The molecule has 0 aliphatic carbocycles. The first-order valence-corrected chi connectivity index (χ1v) is 8.68. The first-order chi connectivity index (χ1) is 11.7. The molecule has 0 saturated carbocycles. The van der Waals surface area contributed by atoms with E-state index in [1.807, 2.05) is 0 Å². The van der Waals surface area contributed by atoms with Crippen LogP contribution in [0.5, 0.6) is 17.2 Å². The van der Waals surface area contributed by atoms with Gasteiger partial charge in [-0.1, -0.05) is 17.7 Å². The van der Waals surface area contributed by atoms with E-state index >= 15 is 0 Å².